The standard InChI is InChI=1S/C16H12N6/c1-3-12(14-5-7-19-21-14)9-13(4-1)15-10-16(18-11-17-15)22-8-2-6-20-22/h1-11H,(H,19,21). The topological polar surface area (TPSA) is 72.3 Å². The zero-order chi connectivity index (χ0) is 14.8. The third kappa shape index (κ3) is 2.26. The van der Waals surface area contributed by atoms with Crippen LogP contribution in [0, 0.1) is 0 Å². The molecule has 0 spiro atoms. The third-order valence-electron chi connectivity index (χ3n) is 3.36. The number of H-pyrrole nitrogens is 1. The van der Waals surface area contributed by atoms with Crippen molar-refractivity contribution in [2.45, 2.75) is 0 Å². The number of hydrogen-bond acceptors (Lipinski definition) is 4. The summed E-state index contributed by atoms with van der Waals surface area (Å²) >= 11 is 0. The first-order valence-corrected chi connectivity index (χ1v) is 6.82. The maximum absolute atomic E-state index is 4.36. The van der Waals surface area contributed by atoms with Crippen LogP contribution in [0.3, 0.4) is 0 Å². The molecule has 0 amide bonds. The number of nitrogens with zero attached hydrogens (tertiary/aromatic N) is 5. The number of benzene rings is 1. The molecule has 4 rings (SSSR count). The molecule has 0 fully saturated rings. The zero-order valence-corrected chi connectivity index (χ0v) is 11.6. The summed E-state index contributed by atoms with van der Waals surface area (Å²) in [5, 5.41) is 11.1. The third-order valence-corrected chi connectivity index (χ3v) is 3.36. The highest BCUT2D eigenvalue weighted by atomic mass is 15.3. The number of rotatable bonds is 3. The minimum Gasteiger partial charge on any atom is -0.278 e. The van der Waals surface area contributed by atoms with E-state index in [1.54, 1.807) is 23.4 Å². The van der Waals surface area contributed by atoms with E-state index in [0.29, 0.717) is 0 Å². The Balaban J connectivity index is 1.76. The first kappa shape index (κ1) is 12.5. The van der Waals surface area contributed by atoms with E-state index in [0.717, 1.165) is 28.3 Å². The lowest BCUT2D eigenvalue weighted by atomic mass is 10.1. The number of nitrogens with one attached hydrogen (secondary N) is 1. The lowest BCUT2D eigenvalue weighted by Crippen LogP contribution is -1.99. The van der Waals surface area contributed by atoms with Crippen LogP contribution >= 0.6 is 0 Å². The fourth-order valence-electron chi connectivity index (χ4n) is 2.30. The fraction of sp³-hybridized carbons (Fsp3) is 0. The summed E-state index contributed by atoms with van der Waals surface area (Å²) in [4.78, 5) is 8.62. The van der Waals surface area contributed by atoms with Crippen LogP contribution in [0.25, 0.3) is 28.3 Å². The van der Waals surface area contributed by atoms with Gasteiger partial charge in [-0.25, -0.2) is 14.6 Å². The molecule has 0 saturated carbocycles. The molecule has 0 atom stereocenters. The van der Waals surface area contributed by atoms with Gasteiger partial charge in [0.25, 0.3) is 0 Å². The Labute approximate surface area is 126 Å². The largest absolute Gasteiger partial charge is 0.278 e. The van der Waals surface area contributed by atoms with Crippen LogP contribution in [-0.4, -0.2) is 29.9 Å². The van der Waals surface area contributed by atoms with Crippen LogP contribution in [0.1, 0.15) is 0 Å². The van der Waals surface area contributed by atoms with E-state index < -0.39 is 0 Å². The molecule has 0 bridgehead atoms. The van der Waals surface area contributed by atoms with Crippen LogP contribution in [0.4, 0.5) is 0 Å². The fourth-order valence-corrected chi connectivity index (χ4v) is 2.30. The smallest absolute Gasteiger partial charge is 0.157 e. The van der Waals surface area contributed by atoms with Crippen LogP contribution in [-0.2, 0) is 0 Å². The zero-order valence-electron chi connectivity index (χ0n) is 11.6. The van der Waals surface area contributed by atoms with Gasteiger partial charge in [0.2, 0.25) is 0 Å². The minimum atomic E-state index is 0.738. The predicted octanol–water partition coefficient (Wildman–Crippen LogP) is 2.72. The second kappa shape index (κ2) is 5.25. The van der Waals surface area contributed by atoms with Crippen LogP contribution < -0.4 is 0 Å². The molecular weight excluding hydrogens is 276 g/mol. The molecule has 0 radical (unpaired) electrons. The molecule has 0 aliphatic heterocycles. The first-order valence-electron chi connectivity index (χ1n) is 6.82. The van der Waals surface area contributed by atoms with Gasteiger partial charge in [-0.3, -0.25) is 5.10 Å². The van der Waals surface area contributed by atoms with Gasteiger partial charge in [0.15, 0.2) is 5.82 Å². The molecular formula is C16H12N6. The molecule has 0 aliphatic rings. The van der Waals surface area contributed by atoms with Gasteiger partial charge < -0.3 is 0 Å². The van der Waals surface area contributed by atoms with E-state index in [1.807, 2.05) is 42.6 Å². The van der Waals surface area contributed by atoms with Crippen molar-refractivity contribution < 1.29 is 0 Å². The van der Waals surface area contributed by atoms with E-state index >= 15 is 0 Å². The number of hydrogen-bond donors (Lipinski definition) is 1. The summed E-state index contributed by atoms with van der Waals surface area (Å²) in [5.41, 5.74) is 3.90. The molecule has 0 unspecified atom stereocenters. The van der Waals surface area contributed by atoms with Crippen LogP contribution in [0.15, 0.2) is 67.4 Å². The van der Waals surface area contributed by atoms with E-state index in [-0.39, 0.29) is 0 Å². The predicted molar refractivity (Wildman–Crippen MR) is 82.2 cm³/mol. The van der Waals surface area contributed by atoms with Crippen LogP contribution in [0.2, 0.25) is 0 Å². The van der Waals surface area contributed by atoms with E-state index in [2.05, 4.69) is 31.3 Å². The highest BCUT2D eigenvalue weighted by Gasteiger charge is 2.06. The Morgan fingerprint density at radius 2 is 1.86 bits per heavy atom. The van der Waals surface area contributed by atoms with Gasteiger partial charge in [0.1, 0.15) is 6.33 Å². The maximum Gasteiger partial charge on any atom is 0.157 e. The summed E-state index contributed by atoms with van der Waals surface area (Å²) in [6, 6.07) is 13.8. The van der Waals surface area contributed by atoms with Crippen molar-refractivity contribution in [3.8, 4) is 28.3 Å². The lowest BCUT2D eigenvalue weighted by Gasteiger charge is -2.05. The molecule has 0 saturated heterocycles. The van der Waals surface area contributed by atoms with Crippen molar-refractivity contribution in [3.63, 3.8) is 0 Å². The second-order valence-electron chi connectivity index (χ2n) is 4.76. The van der Waals surface area contributed by atoms with Gasteiger partial charge in [-0.05, 0) is 18.2 Å². The summed E-state index contributed by atoms with van der Waals surface area (Å²) in [6.45, 7) is 0. The Morgan fingerprint density at radius 1 is 0.909 bits per heavy atom. The molecule has 6 nitrogen and oxygen atoms in total. The number of aromatic nitrogens is 6. The van der Waals surface area contributed by atoms with Gasteiger partial charge in [-0.15, -0.1) is 0 Å². The van der Waals surface area contributed by atoms with Gasteiger partial charge >= 0.3 is 0 Å². The van der Waals surface area contributed by atoms with E-state index in [1.165, 1.54) is 0 Å². The van der Waals surface area contributed by atoms with Crippen molar-refractivity contribution in [1.29, 1.82) is 0 Å². The molecule has 6 heteroatoms. The van der Waals surface area contributed by atoms with Crippen LogP contribution in [0.5, 0.6) is 0 Å². The molecule has 1 aromatic carbocycles. The summed E-state index contributed by atoms with van der Waals surface area (Å²) < 4.78 is 1.71. The van der Waals surface area contributed by atoms with E-state index in [4.69, 9.17) is 0 Å². The Hall–Kier alpha value is -3.28. The summed E-state index contributed by atoms with van der Waals surface area (Å²) in [7, 11) is 0. The molecule has 22 heavy (non-hydrogen) atoms. The van der Waals surface area contributed by atoms with Gasteiger partial charge in [-0.1, -0.05) is 18.2 Å². The lowest BCUT2D eigenvalue weighted by molar-refractivity contribution is 0.840. The van der Waals surface area contributed by atoms with Crippen molar-refractivity contribution in [1.82, 2.24) is 29.9 Å². The van der Waals surface area contributed by atoms with Gasteiger partial charge in [0, 0.05) is 35.8 Å². The Morgan fingerprint density at radius 3 is 2.68 bits per heavy atom. The summed E-state index contributed by atoms with van der Waals surface area (Å²) in [6.07, 6.45) is 6.87. The summed E-state index contributed by atoms with van der Waals surface area (Å²) in [5.74, 6) is 0.738. The molecule has 0 aliphatic carbocycles. The van der Waals surface area contributed by atoms with E-state index in [9.17, 15) is 0 Å². The molecule has 3 heterocycles. The highest BCUT2D eigenvalue weighted by molar-refractivity contribution is 5.69. The average Bonchev–Trinajstić information content (AvgIpc) is 3.29. The van der Waals surface area contributed by atoms with Crippen molar-refractivity contribution in [2.24, 2.45) is 0 Å². The normalized spacial score (nSPS) is 10.7. The molecule has 3 aromatic heterocycles. The maximum atomic E-state index is 4.36. The average molecular weight is 288 g/mol. The number of aromatic amines is 1. The monoisotopic (exact) mass is 288 g/mol. The quantitative estimate of drug-likeness (QED) is 0.629. The van der Waals surface area contributed by atoms with Crippen molar-refractivity contribution in [3.05, 3.63) is 67.4 Å². The van der Waals surface area contributed by atoms with Gasteiger partial charge in [-0.2, -0.15) is 10.2 Å². The molecule has 106 valence electrons. The SMILES string of the molecule is c1cc(-c2cc(-n3cccn3)ncn2)cc(-c2ccn[nH]2)c1. The Bertz CT molecular complexity index is 805. The second-order valence-corrected chi connectivity index (χ2v) is 4.76. The van der Waals surface area contributed by atoms with Crippen molar-refractivity contribution in [2.75, 3.05) is 0 Å². The van der Waals surface area contributed by atoms with Gasteiger partial charge in [0.05, 0.1) is 11.4 Å². The first-order chi connectivity index (χ1) is 10.9. The van der Waals surface area contributed by atoms with Crippen molar-refractivity contribution >= 4 is 0 Å². The Kier molecular flexibility index (Phi) is 2.97. The minimum absolute atomic E-state index is 0.738. The molecule has 1 N–H and O–H groups in total. The molecule has 4 aromatic rings. The highest BCUT2D eigenvalue weighted by Crippen LogP contribution is 2.24.